The van der Waals surface area contributed by atoms with Crippen LogP contribution in [0.25, 0.3) is 0 Å². The van der Waals surface area contributed by atoms with E-state index in [0.29, 0.717) is 37.8 Å². The molecule has 1 aromatic rings. The van der Waals surface area contributed by atoms with Crippen LogP contribution in [0.4, 0.5) is 0 Å². The number of Topliss-reactive ketones (excluding diaryl/α,β-unsaturated/α-hetero) is 4. The summed E-state index contributed by atoms with van der Waals surface area (Å²) in [5.41, 5.74) is 1.59. The fraction of sp³-hybridized carbons (Fsp3) is 0.695. The largest absolute Gasteiger partial charge is 0.481 e. The zero-order chi connectivity index (χ0) is 61.5. The Bertz CT molecular complexity index is 2140. The van der Waals surface area contributed by atoms with Crippen LogP contribution >= 0.6 is 0 Å². The van der Waals surface area contributed by atoms with Gasteiger partial charge >= 0.3 is 23.9 Å². The molecule has 24 nitrogen and oxygen atoms in total. The molecule has 0 aliphatic heterocycles. The first kappa shape index (κ1) is 74.5. The lowest BCUT2D eigenvalue weighted by atomic mass is 9.94. The van der Waals surface area contributed by atoms with Crippen molar-refractivity contribution in [1.82, 2.24) is 21.3 Å². The average molecular weight is 1180 g/mol. The number of unbranched alkanes of at least 4 members (excludes halogenated alkanes) is 13. The number of hydrogen-bond acceptors (Lipinski definition) is 16. The fourth-order valence-corrected chi connectivity index (χ4v) is 8.43. The highest BCUT2D eigenvalue weighted by molar-refractivity contribution is 6.32. The van der Waals surface area contributed by atoms with Crippen molar-refractivity contribution in [3.63, 3.8) is 0 Å². The number of ether oxygens (including phenoxy) is 4. The monoisotopic (exact) mass is 1180 g/mol. The Hall–Kier alpha value is -6.50. The molecule has 0 aliphatic carbocycles. The Labute approximate surface area is 487 Å². The molecule has 0 aromatic heterocycles. The minimum absolute atomic E-state index is 0.0424. The van der Waals surface area contributed by atoms with Crippen molar-refractivity contribution in [3.05, 3.63) is 35.4 Å². The van der Waals surface area contributed by atoms with Gasteiger partial charge in [-0.1, -0.05) is 94.7 Å². The molecule has 24 heteroatoms. The molecule has 0 heterocycles. The van der Waals surface area contributed by atoms with E-state index in [1.807, 2.05) is 19.1 Å². The van der Waals surface area contributed by atoms with Gasteiger partial charge in [-0.2, -0.15) is 0 Å². The summed E-state index contributed by atoms with van der Waals surface area (Å²) in [6.45, 7) is 2.35. The first-order valence-corrected chi connectivity index (χ1v) is 29.3. The van der Waals surface area contributed by atoms with Gasteiger partial charge in [-0.25, -0.2) is 14.4 Å². The topological polar surface area (TPSA) is 371 Å². The Morgan fingerprint density at radius 3 is 1.46 bits per heavy atom. The van der Waals surface area contributed by atoms with Gasteiger partial charge in [0.15, 0.2) is 5.78 Å². The first-order chi connectivity index (χ1) is 39.8. The minimum Gasteiger partial charge on any atom is -0.481 e. The highest BCUT2D eigenvalue weighted by Gasteiger charge is 2.26. The molecular formula is C59H92N4O20. The number of benzene rings is 1. The van der Waals surface area contributed by atoms with E-state index in [1.165, 1.54) is 6.42 Å². The highest BCUT2D eigenvalue weighted by atomic mass is 16.5. The van der Waals surface area contributed by atoms with Gasteiger partial charge in [-0.3, -0.25) is 43.2 Å². The molecule has 3 unspecified atom stereocenters. The number of amides is 4. The number of nitrogens with one attached hydrogen (secondary N) is 4. The standard InChI is InChI=1S/C59H92N4O20/c1-43-22-24-44(25-23-43)55(71)61-32-16-18-48(66)41-82-38-37-81-35-33-60-52(68)31-26-45(56(72)73)40-47(65)28-30-50(58(76)77)63-54(70)42-83-39-36-80-34-17-19-46(64)27-29-49(57(74)75)62-53(69)21-15-13-11-9-7-5-3-2-4-6-8-10-12-14-20-51(67)59(78)79/h22-25,45,49-50H,2-21,26-42H2,1H3,(H,60,68)(H,61,71)(H,62,69)(H,63,70)(H,72,73)(H,74,75)(H,76,77)(H,78,79). The third-order valence-electron chi connectivity index (χ3n) is 13.3. The lowest BCUT2D eigenvalue weighted by Crippen LogP contribution is -2.42. The predicted molar refractivity (Wildman–Crippen MR) is 302 cm³/mol. The van der Waals surface area contributed by atoms with E-state index in [1.54, 1.807) is 12.1 Å². The number of hydrogen-bond donors (Lipinski definition) is 8. The second kappa shape index (κ2) is 47.9. The molecule has 0 aliphatic rings. The number of carboxylic acid groups (broad SMARTS) is 4. The maximum Gasteiger partial charge on any atom is 0.372 e. The van der Waals surface area contributed by atoms with E-state index in [0.717, 1.165) is 76.2 Å². The number of ketones is 4. The summed E-state index contributed by atoms with van der Waals surface area (Å²) in [7, 11) is 0. The van der Waals surface area contributed by atoms with Crippen LogP contribution in [0.2, 0.25) is 0 Å². The van der Waals surface area contributed by atoms with Gasteiger partial charge in [0.25, 0.3) is 5.91 Å². The van der Waals surface area contributed by atoms with Gasteiger partial charge in [-0.15, -0.1) is 0 Å². The van der Waals surface area contributed by atoms with Crippen LogP contribution in [0.15, 0.2) is 24.3 Å². The third-order valence-corrected chi connectivity index (χ3v) is 13.3. The zero-order valence-corrected chi connectivity index (χ0v) is 48.5. The summed E-state index contributed by atoms with van der Waals surface area (Å²) >= 11 is 0. The van der Waals surface area contributed by atoms with Crippen molar-refractivity contribution in [2.45, 2.75) is 192 Å². The maximum absolute atomic E-state index is 12.7. The molecular weight excluding hydrogens is 1080 g/mol. The van der Waals surface area contributed by atoms with Crippen molar-refractivity contribution in [3.8, 4) is 0 Å². The van der Waals surface area contributed by atoms with E-state index in [-0.39, 0.29) is 140 Å². The Morgan fingerprint density at radius 2 is 0.904 bits per heavy atom. The smallest absolute Gasteiger partial charge is 0.372 e. The molecule has 0 spiro atoms. The minimum atomic E-state index is -1.46. The quantitative estimate of drug-likeness (QED) is 0.0289. The molecule has 3 atom stereocenters. The van der Waals surface area contributed by atoms with E-state index in [9.17, 15) is 72.9 Å². The lowest BCUT2D eigenvalue weighted by Gasteiger charge is -2.15. The average Bonchev–Trinajstić information content (AvgIpc) is 3.44. The molecule has 4 amide bonds. The molecule has 1 aromatic carbocycles. The van der Waals surface area contributed by atoms with Crippen molar-refractivity contribution < 1.29 is 96.9 Å². The van der Waals surface area contributed by atoms with E-state index < -0.39 is 78.3 Å². The van der Waals surface area contributed by atoms with Crippen molar-refractivity contribution in [2.24, 2.45) is 5.92 Å². The van der Waals surface area contributed by atoms with Crippen LogP contribution < -0.4 is 21.3 Å². The van der Waals surface area contributed by atoms with E-state index in [2.05, 4.69) is 21.3 Å². The van der Waals surface area contributed by atoms with E-state index in [4.69, 9.17) is 24.1 Å². The van der Waals surface area contributed by atoms with Gasteiger partial charge in [0.1, 0.15) is 36.9 Å². The zero-order valence-electron chi connectivity index (χ0n) is 48.5. The van der Waals surface area contributed by atoms with E-state index >= 15 is 0 Å². The second-order valence-corrected chi connectivity index (χ2v) is 20.6. The SMILES string of the molecule is Cc1ccc(C(=O)NCCCC(=O)COCCOCCNC(=O)CCC(CC(=O)CCC(NC(=O)COCCOCCCC(=O)CCC(NC(=O)CCCCCCCCCCCCCCCCC(=O)C(=O)O)C(=O)O)C(=O)O)C(=O)O)cc1. The Balaban J connectivity index is 2.11. The van der Waals surface area contributed by atoms with Crippen molar-refractivity contribution in [1.29, 1.82) is 0 Å². The van der Waals surface area contributed by atoms with Gasteiger partial charge < -0.3 is 60.6 Å². The summed E-state index contributed by atoms with van der Waals surface area (Å²) < 4.78 is 21.4. The molecule has 468 valence electrons. The van der Waals surface area contributed by atoms with Crippen LogP contribution in [-0.2, 0) is 71.7 Å². The van der Waals surface area contributed by atoms with Crippen LogP contribution in [0.1, 0.15) is 189 Å². The molecule has 83 heavy (non-hydrogen) atoms. The molecule has 0 fully saturated rings. The lowest BCUT2D eigenvalue weighted by molar-refractivity contribution is -0.149. The van der Waals surface area contributed by atoms with Crippen molar-refractivity contribution >= 4 is 70.6 Å². The molecule has 8 N–H and O–H groups in total. The van der Waals surface area contributed by atoms with Crippen LogP contribution in [0.3, 0.4) is 0 Å². The molecule has 0 saturated heterocycles. The molecule has 0 bridgehead atoms. The Morgan fingerprint density at radius 1 is 0.410 bits per heavy atom. The summed E-state index contributed by atoms with van der Waals surface area (Å²) in [6, 6.07) is 4.51. The van der Waals surface area contributed by atoms with Crippen LogP contribution in [0, 0.1) is 12.8 Å². The summed E-state index contributed by atoms with van der Waals surface area (Å²) in [5.74, 6) is -9.95. The highest BCUT2D eigenvalue weighted by Crippen LogP contribution is 2.17. The second-order valence-electron chi connectivity index (χ2n) is 20.6. The van der Waals surface area contributed by atoms with Crippen LogP contribution in [-0.4, -0.2) is 169 Å². The number of aryl methyl sites for hydroxylation is 1. The third kappa shape index (κ3) is 42.0. The maximum atomic E-state index is 12.7. The molecule has 0 radical (unpaired) electrons. The number of aliphatic carboxylic acids is 4. The van der Waals surface area contributed by atoms with Gasteiger partial charge in [0, 0.05) is 76.6 Å². The number of carboxylic acids is 4. The summed E-state index contributed by atoms with van der Waals surface area (Å²) in [5, 5.41) is 47.6. The number of carbonyl (C=O) groups is 12. The van der Waals surface area contributed by atoms with Gasteiger partial charge in [-0.05, 0) is 64.0 Å². The van der Waals surface area contributed by atoms with Gasteiger partial charge in [0.2, 0.25) is 23.5 Å². The number of rotatable bonds is 56. The fourth-order valence-electron chi connectivity index (χ4n) is 8.43. The normalized spacial score (nSPS) is 12.1. The summed E-state index contributed by atoms with van der Waals surface area (Å²) in [4.78, 5) is 143. The first-order valence-electron chi connectivity index (χ1n) is 29.3. The summed E-state index contributed by atoms with van der Waals surface area (Å²) in [6.07, 6.45) is 13.9. The molecule has 0 saturated carbocycles. The van der Waals surface area contributed by atoms with Gasteiger partial charge in [0.05, 0.1) is 39.0 Å². The van der Waals surface area contributed by atoms with Crippen molar-refractivity contribution in [2.75, 3.05) is 65.9 Å². The van der Waals surface area contributed by atoms with Crippen LogP contribution in [0.5, 0.6) is 0 Å². The number of carbonyl (C=O) groups excluding carboxylic acids is 8. The molecule has 1 rings (SSSR count). The predicted octanol–water partition coefficient (Wildman–Crippen LogP) is 5.64. The Kier molecular flexibility index (Phi) is 43.0.